The van der Waals surface area contributed by atoms with E-state index in [0.717, 1.165) is 40.5 Å². The minimum absolute atomic E-state index is 0.335. The molecule has 0 amide bonds. The molecular weight excluding hydrogens is 258 g/mol. The van der Waals surface area contributed by atoms with E-state index in [1.165, 1.54) is 5.56 Å². The van der Waals surface area contributed by atoms with E-state index in [1.807, 2.05) is 25.3 Å². The predicted octanol–water partition coefficient (Wildman–Crippen LogP) is 3.40. The molecule has 1 aromatic heterocycles. The number of aromatic nitrogens is 1. The Morgan fingerprint density at radius 3 is 3.16 bits per heavy atom. The van der Waals surface area contributed by atoms with Gasteiger partial charge in [-0.1, -0.05) is 6.07 Å². The minimum Gasteiger partial charge on any atom is -0.488 e. The normalized spacial score (nSPS) is 18.1. The number of aliphatic hydroxyl groups is 1. The van der Waals surface area contributed by atoms with Gasteiger partial charge in [0.2, 0.25) is 0 Å². The second-order valence-electron chi connectivity index (χ2n) is 4.90. The Bertz CT molecular complexity index is 579. The van der Waals surface area contributed by atoms with E-state index >= 15 is 0 Å². The summed E-state index contributed by atoms with van der Waals surface area (Å²) in [6, 6.07) is 6.04. The van der Waals surface area contributed by atoms with Crippen LogP contribution in [0.2, 0.25) is 0 Å². The summed E-state index contributed by atoms with van der Waals surface area (Å²) < 4.78 is 5.78. The third-order valence-electron chi connectivity index (χ3n) is 3.45. The summed E-state index contributed by atoms with van der Waals surface area (Å²) in [5, 5.41) is 11.1. The number of thiazole rings is 1. The first kappa shape index (κ1) is 12.6. The highest BCUT2D eigenvalue weighted by Gasteiger charge is 2.18. The average molecular weight is 275 g/mol. The van der Waals surface area contributed by atoms with Crippen molar-refractivity contribution in [2.24, 2.45) is 0 Å². The van der Waals surface area contributed by atoms with Gasteiger partial charge in [-0.2, -0.15) is 0 Å². The number of hydrogen-bond donors (Lipinski definition) is 1. The van der Waals surface area contributed by atoms with Gasteiger partial charge in [-0.25, -0.2) is 4.98 Å². The Morgan fingerprint density at radius 2 is 2.37 bits per heavy atom. The molecule has 0 radical (unpaired) electrons. The van der Waals surface area contributed by atoms with Crippen molar-refractivity contribution in [1.82, 2.24) is 4.98 Å². The topological polar surface area (TPSA) is 42.4 Å². The zero-order valence-corrected chi connectivity index (χ0v) is 11.7. The molecule has 1 aliphatic rings. The third-order valence-corrected chi connectivity index (χ3v) is 4.34. The van der Waals surface area contributed by atoms with Crippen LogP contribution < -0.4 is 4.74 Å². The third kappa shape index (κ3) is 2.80. The van der Waals surface area contributed by atoms with Gasteiger partial charge < -0.3 is 9.84 Å². The van der Waals surface area contributed by atoms with Crippen LogP contribution in [0.25, 0.3) is 0 Å². The van der Waals surface area contributed by atoms with Gasteiger partial charge in [0.05, 0.1) is 16.0 Å². The summed E-state index contributed by atoms with van der Waals surface area (Å²) in [6.45, 7) is 2.53. The lowest BCUT2D eigenvalue weighted by atomic mass is 9.89. The van der Waals surface area contributed by atoms with Crippen LogP contribution in [0.4, 0.5) is 0 Å². The molecule has 1 atom stereocenters. The molecule has 100 valence electrons. The highest BCUT2D eigenvalue weighted by atomic mass is 32.1. The second kappa shape index (κ2) is 5.31. The van der Waals surface area contributed by atoms with Crippen LogP contribution in [0.5, 0.6) is 5.75 Å². The molecule has 0 spiro atoms. The van der Waals surface area contributed by atoms with Crippen LogP contribution in [-0.2, 0) is 13.0 Å². The molecule has 2 aromatic rings. The standard InChI is InChI=1S/C15H17NO2S/c1-10-16-8-13(19-10)9-18-12-6-5-11-3-2-4-15(17)14(11)7-12/h5-8,15,17H,2-4,9H2,1H3/t15-/m1/s1. The van der Waals surface area contributed by atoms with E-state index in [-0.39, 0.29) is 6.10 Å². The number of benzene rings is 1. The maximum absolute atomic E-state index is 10.0. The van der Waals surface area contributed by atoms with Crippen molar-refractivity contribution in [3.05, 3.63) is 45.4 Å². The summed E-state index contributed by atoms with van der Waals surface area (Å²) >= 11 is 1.65. The quantitative estimate of drug-likeness (QED) is 0.933. The number of fused-ring (bicyclic) bond motifs is 1. The Balaban J connectivity index is 1.73. The fraction of sp³-hybridized carbons (Fsp3) is 0.400. The molecule has 4 heteroatoms. The monoisotopic (exact) mass is 275 g/mol. The molecule has 0 aliphatic heterocycles. The van der Waals surface area contributed by atoms with E-state index in [1.54, 1.807) is 11.3 Å². The van der Waals surface area contributed by atoms with Crippen molar-refractivity contribution in [3.63, 3.8) is 0 Å². The number of hydrogen-bond acceptors (Lipinski definition) is 4. The van der Waals surface area contributed by atoms with Crippen molar-refractivity contribution < 1.29 is 9.84 Å². The number of aryl methyl sites for hydroxylation is 2. The Morgan fingerprint density at radius 1 is 1.47 bits per heavy atom. The van der Waals surface area contributed by atoms with Crippen LogP contribution in [0.15, 0.2) is 24.4 Å². The summed E-state index contributed by atoms with van der Waals surface area (Å²) in [5.74, 6) is 0.825. The SMILES string of the molecule is Cc1ncc(COc2ccc3c(c2)[C@H](O)CCC3)s1. The van der Waals surface area contributed by atoms with Crippen LogP contribution in [-0.4, -0.2) is 10.1 Å². The summed E-state index contributed by atoms with van der Waals surface area (Å²) in [6.07, 6.45) is 4.49. The van der Waals surface area contributed by atoms with Crippen molar-refractivity contribution in [2.75, 3.05) is 0 Å². The van der Waals surface area contributed by atoms with Crippen LogP contribution >= 0.6 is 11.3 Å². The van der Waals surface area contributed by atoms with E-state index in [9.17, 15) is 5.11 Å². The smallest absolute Gasteiger partial charge is 0.124 e. The van der Waals surface area contributed by atoms with Crippen molar-refractivity contribution in [3.8, 4) is 5.75 Å². The molecule has 19 heavy (non-hydrogen) atoms. The molecule has 3 nitrogen and oxygen atoms in total. The lowest BCUT2D eigenvalue weighted by Gasteiger charge is -2.21. The second-order valence-corrected chi connectivity index (χ2v) is 6.22. The van der Waals surface area contributed by atoms with Gasteiger partial charge in [-0.3, -0.25) is 0 Å². The molecule has 1 heterocycles. The zero-order valence-electron chi connectivity index (χ0n) is 10.9. The first-order valence-electron chi connectivity index (χ1n) is 6.57. The highest BCUT2D eigenvalue weighted by Crippen LogP contribution is 2.32. The number of ether oxygens (including phenoxy) is 1. The van der Waals surface area contributed by atoms with Gasteiger partial charge >= 0.3 is 0 Å². The minimum atomic E-state index is -0.335. The lowest BCUT2D eigenvalue weighted by Crippen LogP contribution is -2.09. The predicted molar refractivity (Wildman–Crippen MR) is 75.5 cm³/mol. The Kier molecular flexibility index (Phi) is 3.53. The van der Waals surface area contributed by atoms with E-state index in [2.05, 4.69) is 11.1 Å². The first-order chi connectivity index (χ1) is 9.22. The first-order valence-corrected chi connectivity index (χ1v) is 7.39. The van der Waals surface area contributed by atoms with Crippen molar-refractivity contribution in [2.45, 2.75) is 38.9 Å². The van der Waals surface area contributed by atoms with E-state index in [4.69, 9.17) is 4.74 Å². The van der Waals surface area contributed by atoms with Crippen LogP contribution in [0.3, 0.4) is 0 Å². The molecule has 3 rings (SSSR count). The van der Waals surface area contributed by atoms with E-state index < -0.39 is 0 Å². The molecule has 0 saturated heterocycles. The number of aliphatic hydroxyl groups excluding tert-OH is 1. The summed E-state index contributed by atoms with van der Waals surface area (Å²) in [4.78, 5) is 5.33. The largest absolute Gasteiger partial charge is 0.488 e. The molecule has 1 aliphatic carbocycles. The Hall–Kier alpha value is -1.39. The fourth-order valence-corrected chi connectivity index (χ4v) is 3.18. The van der Waals surface area contributed by atoms with Crippen LogP contribution in [0, 0.1) is 6.92 Å². The molecule has 0 unspecified atom stereocenters. The summed E-state index contributed by atoms with van der Waals surface area (Å²) in [5.41, 5.74) is 2.28. The molecular formula is C15H17NO2S. The zero-order chi connectivity index (χ0) is 13.2. The molecule has 0 bridgehead atoms. The number of nitrogens with zero attached hydrogens (tertiary/aromatic N) is 1. The maximum Gasteiger partial charge on any atom is 0.124 e. The molecule has 0 saturated carbocycles. The lowest BCUT2D eigenvalue weighted by molar-refractivity contribution is 0.156. The average Bonchev–Trinajstić information content (AvgIpc) is 2.83. The molecule has 1 N–H and O–H groups in total. The summed E-state index contributed by atoms with van der Waals surface area (Å²) in [7, 11) is 0. The van der Waals surface area contributed by atoms with Gasteiger partial charge in [0, 0.05) is 6.20 Å². The van der Waals surface area contributed by atoms with Gasteiger partial charge in [0.15, 0.2) is 0 Å². The Labute approximate surface area is 116 Å². The molecule has 1 aromatic carbocycles. The van der Waals surface area contributed by atoms with Gasteiger partial charge in [0.1, 0.15) is 12.4 Å². The van der Waals surface area contributed by atoms with Crippen LogP contribution in [0.1, 0.15) is 40.0 Å². The van der Waals surface area contributed by atoms with Crippen molar-refractivity contribution >= 4 is 11.3 Å². The van der Waals surface area contributed by atoms with Gasteiger partial charge in [-0.05, 0) is 49.4 Å². The van der Waals surface area contributed by atoms with Gasteiger partial charge in [-0.15, -0.1) is 11.3 Å². The van der Waals surface area contributed by atoms with Gasteiger partial charge in [0.25, 0.3) is 0 Å². The fourth-order valence-electron chi connectivity index (χ4n) is 2.47. The molecule has 0 fully saturated rings. The van der Waals surface area contributed by atoms with Crippen molar-refractivity contribution in [1.29, 1.82) is 0 Å². The highest BCUT2D eigenvalue weighted by molar-refractivity contribution is 7.11. The maximum atomic E-state index is 10.0. The number of rotatable bonds is 3. The van der Waals surface area contributed by atoms with E-state index in [0.29, 0.717) is 6.61 Å².